The first-order valence-corrected chi connectivity index (χ1v) is 10.9. The fraction of sp³-hybridized carbons (Fsp3) is 0.350. The fourth-order valence-electron chi connectivity index (χ4n) is 3.46. The van der Waals surface area contributed by atoms with Gasteiger partial charge >= 0.3 is 0 Å². The number of hydrogen-bond donors (Lipinski definition) is 0. The third-order valence-corrected chi connectivity index (χ3v) is 6.92. The van der Waals surface area contributed by atoms with Crippen molar-refractivity contribution in [1.82, 2.24) is 4.31 Å². The number of carbonyl (C=O) groups excluding carboxylic acids is 1. The van der Waals surface area contributed by atoms with Crippen molar-refractivity contribution in [3.8, 4) is 0 Å². The molecule has 0 spiro atoms. The zero-order valence-corrected chi connectivity index (χ0v) is 17.0. The number of nitro groups is 1. The van der Waals surface area contributed by atoms with Crippen LogP contribution in [0, 0.1) is 10.1 Å². The van der Waals surface area contributed by atoms with E-state index in [2.05, 4.69) is 6.92 Å². The van der Waals surface area contributed by atoms with Gasteiger partial charge in [-0.05, 0) is 36.2 Å². The summed E-state index contributed by atoms with van der Waals surface area (Å²) in [5, 5.41) is 11.4. The van der Waals surface area contributed by atoms with Crippen LogP contribution in [0.2, 0.25) is 0 Å². The smallest absolute Gasteiger partial charge is 0.293 e. The third kappa shape index (κ3) is 4.46. The minimum Gasteiger partial charge on any atom is -0.363 e. The molecule has 1 heterocycles. The maximum absolute atomic E-state index is 12.9. The van der Waals surface area contributed by atoms with E-state index in [1.165, 1.54) is 16.4 Å². The zero-order valence-electron chi connectivity index (χ0n) is 16.2. The van der Waals surface area contributed by atoms with Gasteiger partial charge in [-0.15, -0.1) is 0 Å². The molecule has 0 aromatic heterocycles. The number of rotatable bonds is 7. The van der Waals surface area contributed by atoms with E-state index in [1.807, 2.05) is 12.1 Å². The highest BCUT2D eigenvalue weighted by Gasteiger charge is 2.30. The lowest BCUT2D eigenvalue weighted by atomic mass is 10.1. The van der Waals surface area contributed by atoms with E-state index < -0.39 is 14.9 Å². The van der Waals surface area contributed by atoms with Gasteiger partial charge in [0.2, 0.25) is 10.0 Å². The van der Waals surface area contributed by atoms with E-state index in [1.54, 1.807) is 23.1 Å². The SMILES string of the molecule is CCCc1ccc(S(=O)(=O)N2CCN(c3ccc(C=O)cc3[N+](=O)[O-])CC2)cc1. The highest BCUT2D eigenvalue weighted by molar-refractivity contribution is 7.89. The summed E-state index contributed by atoms with van der Waals surface area (Å²) in [4.78, 5) is 23.8. The van der Waals surface area contributed by atoms with Gasteiger partial charge in [0.05, 0.1) is 9.82 Å². The van der Waals surface area contributed by atoms with Gasteiger partial charge in [0.25, 0.3) is 5.69 Å². The number of nitrogens with zero attached hydrogens (tertiary/aromatic N) is 3. The highest BCUT2D eigenvalue weighted by Crippen LogP contribution is 2.30. The Morgan fingerprint density at radius 3 is 2.28 bits per heavy atom. The molecule has 0 N–H and O–H groups in total. The van der Waals surface area contributed by atoms with Crippen molar-refractivity contribution in [3.63, 3.8) is 0 Å². The number of benzene rings is 2. The summed E-state index contributed by atoms with van der Waals surface area (Å²) in [7, 11) is -3.61. The molecule has 1 aliphatic heterocycles. The molecule has 154 valence electrons. The van der Waals surface area contributed by atoms with Crippen LogP contribution in [0.4, 0.5) is 11.4 Å². The molecule has 0 radical (unpaired) electrons. The summed E-state index contributed by atoms with van der Waals surface area (Å²) in [5.41, 5.74) is 1.56. The molecule has 8 nitrogen and oxygen atoms in total. The Bertz CT molecular complexity index is 997. The molecule has 9 heteroatoms. The lowest BCUT2D eigenvalue weighted by Crippen LogP contribution is -2.48. The number of nitro benzene ring substituents is 1. The topological polar surface area (TPSA) is 101 Å². The number of aryl methyl sites for hydroxylation is 1. The first-order valence-electron chi connectivity index (χ1n) is 9.44. The number of hydrogen-bond acceptors (Lipinski definition) is 6. The summed E-state index contributed by atoms with van der Waals surface area (Å²) in [5.74, 6) is 0. The molecule has 0 unspecified atom stereocenters. The zero-order chi connectivity index (χ0) is 21.0. The molecule has 1 aliphatic rings. The molecule has 2 aromatic carbocycles. The van der Waals surface area contributed by atoms with Crippen molar-refractivity contribution in [2.75, 3.05) is 31.1 Å². The van der Waals surface area contributed by atoms with Crippen LogP contribution in [0.5, 0.6) is 0 Å². The van der Waals surface area contributed by atoms with Gasteiger partial charge in [-0.3, -0.25) is 14.9 Å². The Hall–Kier alpha value is -2.78. The summed E-state index contributed by atoms with van der Waals surface area (Å²) in [6.07, 6.45) is 2.46. The summed E-state index contributed by atoms with van der Waals surface area (Å²) in [6.45, 7) is 3.18. The first-order chi connectivity index (χ1) is 13.9. The molecule has 0 bridgehead atoms. The summed E-state index contributed by atoms with van der Waals surface area (Å²) >= 11 is 0. The number of anilines is 1. The van der Waals surface area contributed by atoms with Crippen LogP contribution < -0.4 is 4.90 Å². The Balaban J connectivity index is 1.75. The third-order valence-electron chi connectivity index (χ3n) is 5.01. The number of aldehydes is 1. The van der Waals surface area contributed by atoms with Crippen molar-refractivity contribution in [2.45, 2.75) is 24.7 Å². The average Bonchev–Trinajstić information content (AvgIpc) is 2.74. The van der Waals surface area contributed by atoms with E-state index in [9.17, 15) is 23.3 Å². The lowest BCUT2D eigenvalue weighted by Gasteiger charge is -2.35. The van der Waals surface area contributed by atoms with Crippen molar-refractivity contribution in [3.05, 3.63) is 63.7 Å². The van der Waals surface area contributed by atoms with Crippen molar-refractivity contribution >= 4 is 27.7 Å². The van der Waals surface area contributed by atoms with Gasteiger partial charge in [-0.1, -0.05) is 25.5 Å². The maximum atomic E-state index is 12.9. The van der Waals surface area contributed by atoms with Crippen LogP contribution in [0.3, 0.4) is 0 Å². The Morgan fingerprint density at radius 2 is 1.72 bits per heavy atom. The van der Waals surface area contributed by atoms with Crippen molar-refractivity contribution < 1.29 is 18.1 Å². The van der Waals surface area contributed by atoms with Crippen LogP contribution in [0.25, 0.3) is 0 Å². The Kier molecular flexibility index (Phi) is 6.29. The second kappa shape index (κ2) is 8.71. The molecular formula is C20H23N3O5S. The summed E-state index contributed by atoms with van der Waals surface area (Å²) in [6, 6.07) is 11.2. The quantitative estimate of drug-likeness (QED) is 0.390. The molecule has 1 saturated heterocycles. The van der Waals surface area contributed by atoms with Gasteiger partial charge in [0, 0.05) is 37.8 Å². The largest absolute Gasteiger partial charge is 0.363 e. The minimum absolute atomic E-state index is 0.155. The molecule has 0 aliphatic carbocycles. The number of sulfonamides is 1. The van der Waals surface area contributed by atoms with Gasteiger partial charge in [-0.2, -0.15) is 4.31 Å². The van der Waals surface area contributed by atoms with E-state index in [0.29, 0.717) is 25.1 Å². The van der Waals surface area contributed by atoms with Gasteiger partial charge in [-0.25, -0.2) is 8.42 Å². The van der Waals surface area contributed by atoms with Crippen LogP contribution in [-0.4, -0.2) is 50.1 Å². The molecule has 3 rings (SSSR count). The second-order valence-electron chi connectivity index (χ2n) is 6.91. The highest BCUT2D eigenvalue weighted by atomic mass is 32.2. The normalized spacial score (nSPS) is 15.3. The Morgan fingerprint density at radius 1 is 1.07 bits per heavy atom. The van der Waals surface area contributed by atoms with E-state index in [0.717, 1.165) is 18.4 Å². The second-order valence-corrected chi connectivity index (χ2v) is 8.85. The standard InChI is InChI=1S/C20H23N3O5S/c1-2-3-16-4-7-18(8-5-16)29(27,28)22-12-10-21(11-13-22)19-9-6-17(15-24)14-20(19)23(25)26/h4-9,14-15H,2-3,10-13H2,1H3. The molecule has 1 fully saturated rings. The molecule has 0 saturated carbocycles. The van der Waals surface area contributed by atoms with Crippen molar-refractivity contribution in [2.24, 2.45) is 0 Å². The van der Waals surface area contributed by atoms with Crippen molar-refractivity contribution in [1.29, 1.82) is 0 Å². The predicted octanol–water partition coefficient (Wildman–Crippen LogP) is 2.87. The van der Waals surface area contributed by atoms with Gasteiger partial charge < -0.3 is 4.90 Å². The molecule has 29 heavy (non-hydrogen) atoms. The number of piperazine rings is 1. The Labute approximate surface area is 169 Å². The van der Waals surface area contributed by atoms with Crippen LogP contribution in [0.15, 0.2) is 47.4 Å². The summed E-state index contributed by atoms with van der Waals surface area (Å²) < 4.78 is 27.2. The molecule has 2 aromatic rings. The van der Waals surface area contributed by atoms with Crippen LogP contribution >= 0.6 is 0 Å². The van der Waals surface area contributed by atoms with E-state index in [4.69, 9.17) is 0 Å². The lowest BCUT2D eigenvalue weighted by molar-refractivity contribution is -0.384. The minimum atomic E-state index is -3.61. The fourth-order valence-corrected chi connectivity index (χ4v) is 4.88. The van der Waals surface area contributed by atoms with Crippen LogP contribution in [-0.2, 0) is 16.4 Å². The van der Waals surface area contributed by atoms with Crippen LogP contribution in [0.1, 0.15) is 29.3 Å². The van der Waals surface area contributed by atoms with E-state index in [-0.39, 0.29) is 29.2 Å². The first kappa shape index (κ1) is 20.9. The molecule has 0 atom stereocenters. The number of carbonyl (C=O) groups is 1. The average molecular weight is 417 g/mol. The van der Waals surface area contributed by atoms with Gasteiger partial charge in [0.15, 0.2) is 0 Å². The molecular weight excluding hydrogens is 394 g/mol. The van der Waals surface area contributed by atoms with Gasteiger partial charge in [0.1, 0.15) is 12.0 Å². The molecule has 0 amide bonds. The monoisotopic (exact) mass is 417 g/mol. The predicted molar refractivity (Wildman–Crippen MR) is 110 cm³/mol. The van der Waals surface area contributed by atoms with E-state index >= 15 is 0 Å². The maximum Gasteiger partial charge on any atom is 0.293 e.